The monoisotopic (exact) mass is 478 g/mol. The molecule has 160 valence electrons. The molecule has 3 atom stereocenters. The lowest BCUT2D eigenvalue weighted by molar-refractivity contribution is -0.115. The van der Waals surface area contributed by atoms with Crippen molar-refractivity contribution < 1.29 is 28.2 Å². The summed E-state index contributed by atoms with van der Waals surface area (Å²) in [7, 11) is 0. The van der Waals surface area contributed by atoms with E-state index in [1.807, 2.05) is 39.8 Å². The Hall–Kier alpha value is -2.54. The first-order valence-electron chi connectivity index (χ1n) is 9.39. The fourth-order valence-corrected chi connectivity index (χ4v) is 3.66. The summed E-state index contributed by atoms with van der Waals surface area (Å²) in [5.74, 6) is -1.35. The highest BCUT2D eigenvalue weighted by molar-refractivity contribution is 9.09. The lowest BCUT2D eigenvalue weighted by Gasteiger charge is -2.23. The molecule has 0 saturated heterocycles. The maximum Gasteiger partial charge on any atom is 0.338 e. The summed E-state index contributed by atoms with van der Waals surface area (Å²) in [5, 5.41) is 0. The Kier molecular flexibility index (Phi) is 8.29. The number of aldehydes is 1. The second kappa shape index (κ2) is 10.5. The molecule has 0 aliphatic heterocycles. The third kappa shape index (κ3) is 6.49. The van der Waals surface area contributed by atoms with E-state index in [4.69, 9.17) is 9.47 Å². The van der Waals surface area contributed by atoms with E-state index >= 15 is 0 Å². The van der Waals surface area contributed by atoms with Gasteiger partial charge in [0.05, 0.1) is 16.0 Å². The van der Waals surface area contributed by atoms with Crippen molar-refractivity contribution in [3.63, 3.8) is 0 Å². The van der Waals surface area contributed by atoms with Crippen molar-refractivity contribution in [1.82, 2.24) is 0 Å². The SMILES string of the molecule is Cc1cc(C)cc(C(=O)OCC(Br)C(OC(=O)c2cc(C)cc(C)c2)C(F)C=O)c1. The number of ether oxygens (including phenoxy) is 2. The minimum absolute atomic E-state index is 0.0550. The summed E-state index contributed by atoms with van der Waals surface area (Å²) in [5.41, 5.74) is 4.13. The molecular formula is C23H24BrFO5. The van der Waals surface area contributed by atoms with Gasteiger partial charge in [-0.05, 0) is 52.0 Å². The van der Waals surface area contributed by atoms with Crippen LogP contribution < -0.4 is 0 Å². The fraction of sp³-hybridized carbons (Fsp3) is 0.348. The van der Waals surface area contributed by atoms with Gasteiger partial charge in [-0.2, -0.15) is 0 Å². The second-order valence-corrected chi connectivity index (χ2v) is 8.49. The highest BCUT2D eigenvalue weighted by Gasteiger charge is 2.33. The molecule has 2 rings (SSSR count). The highest BCUT2D eigenvalue weighted by Crippen LogP contribution is 2.20. The van der Waals surface area contributed by atoms with Crippen molar-refractivity contribution in [2.45, 2.75) is 44.8 Å². The highest BCUT2D eigenvalue weighted by atomic mass is 79.9. The minimum atomic E-state index is -2.08. The van der Waals surface area contributed by atoms with E-state index in [0.29, 0.717) is 5.56 Å². The van der Waals surface area contributed by atoms with Gasteiger partial charge in [0.25, 0.3) is 0 Å². The van der Waals surface area contributed by atoms with Crippen LogP contribution in [-0.2, 0) is 14.3 Å². The van der Waals surface area contributed by atoms with E-state index in [2.05, 4.69) is 15.9 Å². The quantitative estimate of drug-likeness (QED) is 0.315. The Balaban J connectivity index is 2.09. The maximum atomic E-state index is 14.2. The Morgan fingerprint density at radius 3 is 1.77 bits per heavy atom. The summed E-state index contributed by atoms with van der Waals surface area (Å²) in [4.78, 5) is 34.9. The number of hydrogen-bond acceptors (Lipinski definition) is 5. The van der Waals surface area contributed by atoms with E-state index in [1.54, 1.807) is 24.3 Å². The summed E-state index contributed by atoms with van der Waals surface area (Å²) in [6, 6.07) is 10.4. The molecule has 2 aromatic rings. The molecule has 0 aliphatic carbocycles. The van der Waals surface area contributed by atoms with Gasteiger partial charge in [-0.3, -0.25) is 4.79 Å². The van der Waals surface area contributed by atoms with Crippen LogP contribution in [0.3, 0.4) is 0 Å². The molecule has 0 saturated carbocycles. The minimum Gasteiger partial charge on any atom is -0.461 e. The number of esters is 2. The van der Waals surface area contributed by atoms with Crippen LogP contribution in [0.15, 0.2) is 36.4 Å². The molecule has 5 nitrogen and oxygen atoms in total. The smallest absolute Gasteiger partial charge is 0.338 e. The number of aryl methyl sites for hydroxylation is 4. The summed E-state index contributed by atoms with van der Waals surface area (Å²) in [6.45, 7) is 7.08. The van der Waals surface area contributed by atoms with Gasteiger partial charge in [-0.1, -0.05) is 50.3 Å². The van der Waals surface area contributed by atoms with Crippen LogP contribution in [0.2, 0.25) is 0 Å². The topological polar surface area (TPSA) is 69.7 Å². The molecule has 0 aromatic heterocycles. The fourth-order valence-electron chi connectivity index (χ4n) is 3.13. The molecule has 0 aliphatic rings. The second-order valence-electron chi connectivity index (χ2n) is 7.32. The van der Waals surface area contributed by atoms with Gasteiger partial charge in [0, 0.05) is 0 Å². The van der Waals surface area contributed by atoms with Gasteiger partial charge in [0.1, 0.15) is 6.61 Å². The lowest BCUT2D eigenvalue weighted by Crippen LogP contribution is -2.39. The number of alkyl halides is 2. The van der Waals surface area contributed by atoms with Crippen LogP contribution in [0.4, 0.5) is 4.39 Å². The molecule has 0 radical (unpaired) electrons. The zero-order chi connectivity index (χ0) is 22.4. The molecule has 2 aromatic carbocycles. The molecule has 3 unspecified atom stereocenters. The van der Waals surface area contributed by atoms with E-state index in [-0.39, 0.29) is 18.5 Å². The number of hydrogen-bond donors (Lipinski definition) is 0. The molecule has 0 spiro atoms. The Labute approximate surface area is 183 Å². The van der Waals surface area contributed by atoms with Crippen LogP contribution in [0.25, 0.3) is 0 Å². The predicted molar refractivity (Wildman–Crippen MR) is 115 cm³/mol. The Morgan fingerprint density at radius 1 is 0.900 bits per heavy atom. The first kappa shape index (κ1) is 23.7. The van der Waals surface area contributed by atoms with Gasteiger partial charge in [-0.25, -0.2) is 14.0 Å². The van der Waals surface area contributed by atoms with Gasteiger partial charge < -0.3 is 9.47 Å². The van der Waals surface area contributed by atoms with Crippen molar-refractivity contribution in [2.24, 2.45) is 0 Å². The number of rotatable bonds is 8. The van der Waals surface area contributed by atoms with E-state index in [1.165, 1.54) is 0 Å². The number of benzene rings is 2. The molecular weight excluding hydrogens is 455 g/mol. The number of carbonyl (C=O) groups excluding carboxylic acids is 3. The summed E-state index contributed by atoms with van der Waals surface area (Å²) < 4.78 is 24.7. The molecule has 0 amide bonds. The molecule has 0 heterocycles. The average molecular weight is 479 g/mol. The van der Waals surface area contributed by atoms with Crippen LogP contribution in [0, 0.1) is 27.7 Å². The van der Waals surface area contributed by atoms with E-state index in [9.17, 15) is 18.8 Å². The first-order chi connectivity index (χ1) is 14.1. The van der Waals surface area contributed by atoms with Crippen molar-refractivity contribution >= 4 is 34.2 Å². The number of carbonyl (C=O) groups is 3. The van der Waals surface area contributed by atoms with Gasteiger partial charge >= 0.3 is 11.9 Å². The molecule has 7 heteroatoms. The zero-order valence-electron chi connectivity index (χ0n) is 17.3. The summed E-state index contributed by atoms with van der Waals surface area (Å²) in [6.07, 6.45) is -3.48. The van der Waals surface area contributed by atoms with Gasteiger partial charge in [-0.15, -0.1) is 0 Å². The van der Waals surface area contributed by atoms with E-state index < -0.39 is 29.0 Å². The van der Waals surface area contributed by atoms with Gasteiger partial charge in [0.2, 0.25) is 0 Å². The van der Waals surface area contributed by atoms with E-state index in [0.717, 1.165) is 22.3 Å². The van der Waals surface area contributed by atoms with Crippen molar-refractivity contribution in [2.75, 3.05) is 6.61 Å². The first-order valence-corrected chi connectivity index (χ1v) is 10.3. The zero-order valence-corrected chi connectivity index (χ0v) is 18.9. The van der Waals surface area contributed by atoms with Crippen LogP contribution in [0.5, 0.6) is 0 Å². The predicted octanol–water partition coefficient (Wildman–Crippen LogP) is 4.60. The largest absolute Gasteiger partial charge is 0.461 e. The van der Waals surface area contributed by atoms with Crippen LogP contribution in [0.1, 0.15) is 43.0 Å². The maximum absolute atomic E-state index is 14.2. The standard InChI is InChI=1S/C23H24BrFO5/c1-13-5-14(2)8-17(7-13)22(27)29-12-19(24)21(20(25)11-26)30-23(28)18-9-15(3)6-16(4)10-18/h5-11,19-21H,12H2,1-4H3. The normalized spacial score (nSPS) is 13.8. The van der Waals surface area contributed by atoms with Crippen LogP contribution >= 0.6 is 15.9 Å². The van der Waals surface area contributed by atoms with Crippen molar-refractivity contribution in [1.29, 1.82) is 0 Å². The average Bonchev–Trinajstić information content (AvgIpc) is 2.67. The van der Waals surface area contributed by atoms with Crippen LogP contribution in [-0.4, -0.2) is 41.9 Å². The summed E-state index contributed by atoms with van der Waals surface area (Å²) >= 11 is 3.19. The van der Waals surface area contributed by atoms with Crippen molar-refractivity contribution in [3.8, 4) is 0 Å². The molecule has 0 N–H and O–H groups in total. The third-order valence-corrected chi connectivity index (χ3v) is 5.12. The van der Waals surface area contributed by atoms with Crippen molar-refractivity contribution in [3.05, 3.63) is 69.8 Å². The molecule has 30 heavy (non-hydrogen) atoms. The molecule has 0 fully saturated rings. The number of halogens is 2. The molecule has 0 bridgehead atoms. The Morgan fingerprint density at radius 2 is 1.33 bits per heavy atom. The third-order valence-electron chi connectivity index (χ3n) is 4.33. The lowest BCUT2D eigenvalue weighted by atomic mass is 10.1. The van der Waals surface area contributed by atoms with Gasteiger partial charge in [0.15, 0.2) is 18.6 Å². The Bertz CT molecular complexity index is 903.